The maximum absolute atomic E-state index is 13.5. The van der Waals surface area contributed by atoms with E-state index in [2.05, 4.69) is 45.9 Å². The summed E-state index contributed by atoms with van der Waals surface area (Å²) in [6.45, 7) is 9.52. The van der Waals surface area contributed by atoms with E-state index in [-0.39, 0.29) is 35.9 Å². The number of carbonyl (C=O) groups is 2. The molecular formula is C24H30N2O3. The highest BCUT2D eigenvalue weighted by Crippen LogP contribution is 2.53. The highest BCUT2D eigenvalue weighted by Gasteiger charge is 2.67. The summed E-state index contributed by atoms with van der Waals surface area (Å²) >= 11 is 0. The van der Waals surface area contributed by atoms with Crippen molar-refractivity contribution in [3.05, 3.63) is 47.0 Å². The third kappa shape index (κ3) is 2.70. The third-order valence-electron chi connectivity index (χ3n) is 7.62. The lowest BCUT2D eigenvalue weighted by Gasteiger charge is -2.32. The van der Waals surface area contributed by atoms with Gasteiger partial charge in [-0.1, -0.05) is 30.4 Å². The first-order chi connectivity index (χ1) is 13.8. The van der Waals surface area contributed by atoms with Gasteiger partial charge in [-0.3, -0.25) is 9.59 Å². The van der Waals surface area contributed by atoms with Crippen molar-refractivity contribution in [2.24, 2.45) is 11.8 Å². The van der Waals surface area contributed by atoms with Crippen molar-refractivity contribution in [1.29, 1.82) is 0 Å². The van der Waals surface area contributed by atoms with Crippen LogP contribution in [0, 0.1) is 25.7 Å². The lowest BCUT2D eigenvalue weighted by atomic mass is 9.76. The van der Waals surface area contributed by atoms with Crippen LogP contribution < -0.4 is 0 Å². The number of hydrogen-bond donors (Lipinski definition) is 0. The van der Waals surface area contributed by atoms with Gasteiger partial charge in [0.15, 0.2) is 0 Å². The van der Waals surface area contributed by atoms with Crippen molar-refractivity contribution in [3.63, 3.8) is 0 Å². The van der Waals surface area contributed by atoms with Crippen molar-refractivity contribution >= 4 is 11.8 Å². The summed E-state index contributed by atoms with van der Waals surface area (Å²) < 4.78 is 6.31. The molecule has 29 heavy (non-hydrogen) atoms. The first-order valence-electron chi connectivity index (χ1n) is 10.8. The minimum Gasteiger partial charge on any atom is -0.360 e. The standard InChI is InChI=1S/C24H30N2O3/c1-14-5-8-18(11-15(14)2)12-25-13-24-10-9-19(29-24)20(21(24)23(25)28)22(27)26-16(3)6-7-17(26)4/h5,8-11,16-17,19-21H,6-7,12-13H2,1-4H3/t16-,17+,19-,20-,21-,24-/m0/s1. The fourth-order valence-electron chi connectivity index (χ4n) is 5.92. The number of nitrogens with zero attached hydrogens (tertiary/aromatic N) is 2. The molecule has 0 N–H and O–H groups in total. The molecule has 2 bridgehead atoms. The van der Waals surface area contributed by atoms with E-state index in [1.807, 2.05) is 22.0 Å². The average Bonchev–Trinajstić information content (AvgIpc) is 3.39. The highest BCUT2D eigenvalue weighted by molar-refractivity contribution is 5.93. The number of carbonyl (C=O) groups excluding carboxylic acids is 2. The lowest BCUT2D eigenvalue weighted by Crippen LogP contribution is -2.49. The van der Waals surface area contributed by atoms with Crippen LogP contribution in [0.4, 0.5) is 0 Å². The molecule has 3 saturated heterocycles. The number of hydrogen-bond acceptors (Lipinski definition) is 3. The third-order valence-corrected chi connectivity index (χ3v) is 7.62. The second-order valence-corrected chi connectivity index (χ2v) is 9.53. The number of benzene rings is 1. The Morgan fingerprint density at radius 3 is 2.59 bits per heavy atom. The molecule has 0 aromatic heterocycles. The van der Waals surface area contributed by atoms with Crippen LogP contribution in [0.15, 0.2) is 30.4 Å². The van der Waals surface area contributed by atoms with E-state index in [4.69, 9.17) is 4.74 Å². The Hall–Kier alpha value is -2.14. The van der Waals surface area contributed by atoms with Crippen molar-refractivity contribution in [1.82, 2.24) is 9.80 Å². The van der Waals surface area contributed by atoms with Gasteiger partial charge in [-0.25, -0.2) is 0 Å². The minimum absolute atomic E-state index is 0.0629. The summed E-state index contributed by atoms with van der Waals surface area (Å²) in [6.07, 6.45) is 5.85. The average molecular weight is 395 g/mol. The van der Waals surface area contributed by atoms with Crippen molar-refractivity contribution in [2.75, 3.05) is 6.54 Å². The zero-order valence-corrected chi connectivity index (χ0v) is 17.7. The molecule has 4 aliphatic rings. The Bertz CT molecular complexity index is 899. The monoisotopic (exact) mass is 394 g/mol. The Morgan fingerprint density at radius 1 is 1.17 bits per heavy atom. The van der Waals surface area contributed by atoms with Gasteiger partial charge in [0.25, 0.3) is 0 Å². The van der Waals surface area contributed by atoms with Gasteiger partial charge in [-0.2, -0.15) is 0 Å². The van der Waals surface area contributed by atoms with E-state index >= 15 is 0 Å². The van der Waals surface area contributed by atoms with Crippen molar-refractivity contribution in [2.45, 2.75) is 70.9 Å². The number of ether oxygens (including phenoxy) is 1. The van der Waals surface area contributed by atoms with Crippen molar-refractivity contribution < 1.29 is 14.3 Å². The van der Waals surface area contributed by atoms with Gasteiger partial charge in [-0.05, 0) is 57.2 Å². The Labute approximate surface area is 172 Å². The SMILES string of the molecule is Cc1ccc(CN2C[C@]34C=C[C@H](O3)[C@H](C(=O)N3[C@H](C)CC[C@@H]3C)[C@H]4C2=O)cc1C. The molecule has 4 heterocycles. The molecule has 5 rings (SSSR count). The quantitative estimate of drug-likeness (QED) is 0.741. The number of fused-ring (bicyclic) bond motifs is 1. The second-order valence-electron chi connectivity index (χ2n) is 9.53. The molecule has 5 nitrogen and oxygen atoms in total. The number of likely N-dealkylation sites (tertiary alicyclic amines) is 2. The van der Waals surface area contributed by atoms with E-state index in [1.54, 1.807) is 0 Å². The van der Waals surface area contributed by atoms with E-state index in [9.17, 15) is 9.59 Å². The second kappa shape index (κ2) is 6.43. The van der Waals surface area contributed by atoms with Gasteiger partial charge in [0, 0.05) is 18.6 Å². The maximum Gasteiger partial charge on any atom is 0.230 e. The molecule has 154 valence electrons. The van der Waals surface area contributed by atoms with Gasteiger partial charge < -0.3 is 14.5 Å². The maximum atomic E-state index is 13.5. The largest absolute Gasteiger partial charge is 0.360 e. The van der Waals surface area contributed by atoms with Crippen LogP contribution in [0.5, 0.6) is 0 Å². The highest BCUT2D eigenvalue weighted by atomic mass is 16.5. The van der Waals surface area contributed by atoms with Crippen LogP contribution in [0.25, 0.3) is 0 Å². The molecule has 1 spiro atoms. The summed E-state index contributed by atoms with van der Waals surface area (Å²) in [5.74, 6) is -0.616. The molecule has 0 aliphatic carbocycles. The van der Waals surface area contributed by atoms with Gasteiger partial charge in [0.05, 0.1) is 24.5 Å². The number of rotatable bonds is 3. The van der Waals surface area contributed by atoms with Crippen LogP contribution in [0.1, 0.15) is 43.4 Å². The molecule has 1 aromatic rings. The van der Waals surface area contributed by atoms with E-state index in [1.165, 1.54) is 11.1 Å². The zero-order chi connectivity index (χ0) is 20.5. The van der Waals surface area contributed by atoms with Gasteiger partial charge in [0.2, 0.25) is 11.8 Å². The van der Waals surface area contributed by atoms with E-state index in [0.717, 1.165) is 18.4 Å². The molecule has 0 unspecified atom stereocenters. The summed E-state index contributed by atoms with van der Waals surface area (Å²) in [4.78, 5) is 30.9. The van der Waals surface area contributed by atoms with E-state index in [0.29, 0.717) is 13.1 Å². The van der Waals surface area contributed by atoms with Crippen LogP contribution in [-0.2, 0) is 20.9 Å². The molecule has 4 aliphatic heterocycles. The Balaban J connectivity index is 1.41. The molecular weight excluding hydrogens is 364 g/mol. The predicted molar refractivity (Wildman–Crippen MR) is 110 cm³/mol. The zero-order valence-electron chi connectivity index (χ0n) is 17.7. The summed E-state index contributed by atoms with van der Waals surface area (Å²) in [5.41, 5.74) is 2.98. The van der Waals surface area contributed by atoms with Crippen LogP contribution >= 0.6 is 0 Å². The van der Waals surface area contributed by atoms with Gasteiger partial charge in [0.1, 0.15) is 5.60 Å². The number of aryl methyl sites for hydroxylation is 2. The molecule has 6 atom stereocenters. The summed E-state index contributed by atoms with van der Waals surface area (Å²) in [6, 6.07) is 6.82. The topological polar surface area (TPSA) is 49.9 Å². The summed E-state index contributed by atoms with van der Waals surface area (Å²) in [5, 5.41) is 0. The molecule has 5 heteroatoms. The normalized spacial score (nSPS) is 37.7. The fraction of sp³-hybridized carbons (Fsp3) is 0.583. The molecule has 3 fully saturated rings. The van der Waals surface area contributed by atoms with E-state index < -0.39 is 11.5 Å². The summed E-state index contributed by atoms with van der Waals surface area (Å²) in [7, 11) is 0. The van der Waals surface area contributed by atoms with Crippen LogP contribution in [0.3, 0.4) is 0 Å². The molecule has 0 saturated carbocycles. The van der Waals surface area contributed by atoms with Gasteiger partial charge >= 0.3 is 0 Å². The van der Waals surface area contributed by atoms with Gasteiger partial charge in [-0.15, -0.1) is 0 Å². The molecule has 2 amide bonds. The Kier molecular flexibility index (Phi) is 4.18. The molecule has 0 radical (unpaired) electrons. The smallest absolute Gasteiger partial charge is 0.230 e. The minimum atomic E-state index is -0.631. The van der Waals surface area contributed by atoms with Crippen molar-refractivity contribution in [3.8, 4) is 0 Å². The number of amides is 2. The van der Waals surface area contributed by atoms with Crippen LogP contribution in [-0.4, -0.2) is 51.9 Å². The lowest BCUT2D eigenvalue weighted by molar-refractivity contribution is -0.145. The first-order valence-corrected chi connectivity index (χ1v) is 10.8. The molecule has 1 aromatic carbocycles. The fourth-order valence-corrected chi connectivity index (χ4v) is 5.92. The van der Waals surface area contributed by atoms with Crippen LogP contribution in [0.2, 0.25) is 0 Å². The Morgan fingerprint density at radius 2 is 1.90 bits per heavy atom. The first kappa shape index (κ1) is 18.9. The predicted octanol–water partition coefficient (Wildman–Crippen LogP) is 2.98.